The summed E-state index contributed by atoms with van der Waals surface area (Å²) >= 11 is 13.2. The molecule has 7 nitrogen and oxygen atoms in total. The Morgan fingerprint density at radius 3 is 2.56 bits per heavy atom. The fourth-order valence-electron chi connectivity index (χ4n) is 3.04. The number of hydrogen-bond acceptors (Lipinski definition) is 5. The van der Waals surface area contributed by atoms with Gasteiger partial charge in [0, 0.05) is 9.86 Å². The Kier molecular flexibility index (Phi) is 7.35. The van der Waals surface area contributed by atoms with E-state index in [0.29, 0.717) is 26.4 Å². The van der Waals surface area contributed by atoms with Crippen LogP contribution < -0.4 is 10.2 Å². The number of carbonyl (C=O) groups excluding carboxylic acids is 1. The van der Waals surface area contributed by atoms with Crippen molar-refractivity contribution in [2.24, 2.45) is 5.10 Å². The standard InChI is InChI=1S/C24H15Br2ClN2O5/c25-17-5-6-20-16(9-17)10-21(34-20)23(30)29-28-11-14-7-18(26)22(19(27)8-14)33-12-13-1-3-15(4-2-13)24(31)32/h1-11H,12H2,(H,29,30)(H,31,32)/b28-11+. The first-order chi connectivity index (χ1) is 16.3. The Bertz CT molecular complexity index is 1390. The molecule has 0 unspecified atom stereocenters. The van der Waals surface area contributed by atoms with Crippen molar-refractivity contribution >= 4 is 72.5 Å². The predicted molar refractivity (Wildman–Crippen MR) is 136 cm³/mol. The molecule has 1 amide bonds. The maximum absolute atomic E-state index is 12.3. The fourth-order valence-corrected chi connectivity index (χ4v) is 4.41. The zero-order chi connectivity index (χ0) is 24.2. The highest BCUT2D eigenvalue weighted by atomic mass is 79.9. The molecule has 0 fully saturated rings. The smallest absolute Gasteiger partial charge is 0.335 e. The summed E-state index contributed by atoms with van der Waals surface area (Å²) < 4.78 is 12.8. The number of fused-ring (bicyclic) bond motifs is 1. The van der Waals surface area contributed by atoms with Crippen LogP contribution in [0.25, 0.3) is 11.0 Å². The van der Waals surface area contributed by atoms with Gasteiger partial charge in [0.05, 0.1) is 21.3 Å². The molecule has 1 aromatic heterocycles. The summed E-state index contributed by atoms with van der Waals surface area (Å²) in [5, 5.41) is 14.1. The first-order valence-electron chi connectivity index (χ1n) is 9.77. The van der Waals surface area contributed by atoms with Crippen molar-refractivity contribution in [1.82, 2.24) is 5.43 Å². The van der Waals surface area contributed by atoms with Crippen LogP contribution in [-0.4, -0.2) is 23.2 Å². The van der Waals surface area contributed by atoms with Gasteiger partial charge in [-0.2, -0.15) is 5.10 Å². The van der Waals surface area contributed by atoms with Gasteiger partial charge in [-0.1, -0.05) is 39.7 Å². The van der Waals surface area contributed by atoms with Gasteiger partial charge >= 0.3 is 11.9 Å². The Hall–Kier alpha value is -3.14. The number of carboxylic acid groups (broad SMARTS) is 1. The summed E-state index contributed by atoms with van der Waals surface area (Å²) in [5.41, 5.74) is 4.65. The molecule has 0 atom stereocenters. The predicted octanol–water partition coefficient (Wildman–Crippen LogP) is 6.65. The number of rotatable bonds is 7. The molecule has 3 aromatic carbocycles. The lowest BCUT2D eigenvalue weighted by Gasteiger charge is -2.11. The van der Waals surface area contributed by atoms with Crippen LogP contribution in [0.4, 0.5) is 0 Å². The van der Waals surface area contributed by atoms with Crippen molar-refractivity contribution in [3.05, 3.63) is 97.1 Å². The highest BCUT2D eigenvalue weighted by Gasteiger charge is 2.13. The number of aromatic carboxylic acids is 1. The Morgan fingerprint density at radius 2 is 1.85 bits per heavy atom. The van der Waals surface area contributed by atoms with Crippen molar-refractivity contribution < 1.29 is 23.8 Å². The number of carbonyl (C=O) groups is 2. The number of hydrazone groups is 1. The summed E-state index contributed by atoms with van der Waals surface area (Å²) in [6, 6.07) is 16.8. The number of furan rings is 1. The monoisotopic (exact) mass is 604 g/mol. The van der Waals surface area contributed by atoms with E-state index in [0.717, 1.165) is 15.4 Å². The van der Waals surface area contributed by atoms with E-state index < -0.39 is 11.9 Å². The van der Waals surface area contributed by atoms with Gasteiger partial charge in [0.25, 0.3) is 0 Å². The van der Waals surface area contributed by atoms with Crippen molar-refractivity contribution in [2.45, 2.75) is 6.61 Å². The number of halogens is 3. The summed E-state index contributed by atoms with van der Waals surface area (Å²) in [7, 11) is 0. The Balaban J connectivity index is 1.39. The van der Waals surface area contributed by atoms with E-state index >= 15 is 0 Å². The number of nitrogens with one attached hydrogen (secondary N) is 1. The minimum Gasteiger partial charge on any atom is -0.486 e. The van der Waals surface area contributed by atoms with E-state index in [2.05, 4.69) is 42.4 Å². The molecular weight excluding hydrogens is 592 g/mol. The lowest BCUT2D eigenvalue weighted by atomic mass is 10.1. The first-order valence-corrected chi connectivity index (χ1v) is 11.7. The molecule has 0 aliphatic carbocycles. The second-order valence-corrected chi connectivity index (χ2v) is 9.27. The molecule has 34 heavy (non-hydrogen) atoms. The second kappa shape index (κ2) is 10.4. The third-order valence-electron chi connectivity index (χ3n) is 4.69. The summed E-state index contributed by atoms with van der Waals surface area (Å²) in [4.78, 5) is 23.3. The lowest BCUT2D eigenvalue weighted by Crippen LogP contribution is -2.16. The van der Waals surface area contributed by atoms with Gasteiger partial charge in [-0.05, 0) is 75.6 Å². The minimum atomic E-state index is -0.988. The van der Waals surface area contributed by atoms with Gasteiger partial charge in [-0.25, -0.2) is 10.2 Å². The van der Waals surface area contributed by atoms with Crippen molar-refractivity contribution in [2.75, 3.05) is 0 Å². The second-order valence-electron chi connectivity index (χ2n) is 7.10. The van der Waals surface area contributed by atoms with E-state index in [1.54, 1.807) is 36.4 Å². The van der Waals surface area contributed by atoms with E-state index in [1.807, 2.05) is 12.1 Å². The van der Waals surface area contributed by atoms with Gasteiger partial charge in [0.1, 0.15) is 12.2 Å². The third-order valence-corrected chi connectivity index (χ3v) is 6.05. The minimum absolute atomic E-state index is 0.143. The zero-order valence-corrected chi connectivity index (χ0v) is 21.1. The van der Waals surface area contributed by atoms with Gasteiger partial charge in [-0.15, -0.1) is 0 Å². The first kappa shape index (κ1) is 24.0. The summed E-state index contributed by atoms with van der Waals surface area (Å²) in [6.45, 7) is 0.204. The quantitative estimate of drug-likeness (QED) is 0.181. The molecule has 0 spiro atoms. The molecule has 0 radical (unpaired) electrons. The van der Waals surface area contributed by atoms with Gasteiger partial charge in [-0.3, -0.25) is 4.79 Å². The molecular formula is C24H15Br2ClN2O5. The molecule has 4 rings (SSSR count). The van der Waals surface area contributed by atoms with Crippen molar-refractivity contribution in [3.8, 4) is 5.75 Å². The number of amides is 1. The molecule has 0 aliphatic rings. The highest BCUT2D eigenvalue weighted by molar-refractivity contribution is 9.10. The van der Waals surface area contributed by atoms with E-state index in [9.17, 15) is 9.59 Å². The van der Waals surface area contributed by atoms with Gasteiger partial charge in [0.2, 0.25) is 0 Å². The molecule has 172 valence electrons. The van der Waals surface area contributed by atoms with Crippen LogP contribution in [0.2, 0.25) is 5.02 Å². The summed E-state index contributed by atoms with van der Waals surface area (Å²) in [6.07, 6.45) is 1.45. The Labute approximate surface area is 215 Å². The molecule has 4 aromatic rings. The fraction of sp³-hybridized carbons (Fsp3) is 0.0417. The molecule has 10 heteroatoms. The van der Waals surface area contributed by atoms with Crippen LogP contribution in [0.3, 0.4) is 0 Å². The zero-order valence-electron chi connectivity index (χ0n) is 17.2. The molecule has 1 heterocycles. The van der Waals surface area contributed by atoms with Crippen LogP contribution in [0, 0.1) is 0 Å². The molecule has 0 aliphatic heterocycles. The SMILES string of the molecule is O=C(O)c1ccc(COc2c(Cl)cc(/C=N/NC(=O)c3cc4cc(Br)ccc4o3)cc2Br)cc1. The molecule has 0 saturated heterocycles. The Morgan fingerprint density at radius 1 is 1.09 bits per heavy atom. The maximum atomic E-state index is 12.3. The van der Waals surface area contributed by atoms with Crippen molar-refractivity contribution in [1.29, 1.82) is 0 Å². The molecule has 2 N–H and O–H groups in total. The van der Waals surface area contributed by atoms with E-state index in [1.165, 1.54) is 18.3 Å². The average molecular weight is 607 g/mol. The average Bonchev–Trinajstić information content (AvgIpc) is 3.22. The normalized spacial score (nSPS) is 11.1. The van der Waals surface area contributed by atoms with E-state index in [4.69, 9.17) is 25.9 Å². The highest BCUT2D eigenvalue weighted by Crippen LogP contribution is 2.34. The van der Waals surface area contributed by atoms with Gasteiger partial charge < -0.3 is 14.3 Å². The van der Waals surface area contributed by atoms with Gasteiger partial charge in [0.15, 0.2) is 11.5 Å². The molecule has 0 bridgehead atoms. The number of carboxylic acids is 1. The van der Waals surface area contributed by atoms with Crippen LogP contribution in [0.1, 0.15) is 32.0 Å². The third kappa shape index (κ3) is 5.67. The van der Waals surface area contributed by atoms with Crippen LogP contribution in [-0.2, 0) is 6.61 Å². The van der Waals surface area contributed by atoms with Crippen LogP contribution >= 0.6 is 43.5 Å². The number of ether oxygens (including phenoxy) is 1. The van der Waals surface area contributed by atoms with E-state index in [-0.39, 0.29) is 17.9 Å². The topological polar surface area (TPSA) is 101 Å². The largest absolute Gasteiger partial charge is 0.486 e. The van der Waals surface area contributed by atoms with Crippen LogP contribution in [0.5, 0.6) is 5.75 Å². The maximum Gasteiger partial charge on any atom is 0.335 e. The molecule has 0 saturated carbocycles. The number of nitrogens with zero attached hydrogens (tertiary/aromatic N) is 1. The van der Waals surface area contributed by atoms with Crippen LogP contribution in [0.15, 0.2) is 79.1 Å². The number of hydrogen-bond donors (Lipinski definition) is 2. The lowest BCUT2D eigenvalue weighted by molar-refractivity contribution is 0.0696. The van der Waals surface area contributed by atoms with Crippen molar-refractivity contribution in [3.63, 3.8) is 0 Å². The summed E-state index contributed by atoms with van der Waals surface area (Å²) in [5.74, 6) is -0.900. The number of benzene rings is 3.